The zero-order chi connectivity index (χ0) is 12.8. The van der Waals surface area contributed by atoms with E-state index in [1.54, 1.807) is 6.92 Å². The molecule has 0 heterocycles. The average Bonchev–Trinajstić information content (AvgIpc) is 2.21. The van der Waals surface area contributed by atoms with Gasteiger partial charge in [0, 0.05) is 13.6 Å². The Labute approximate surface area is 96.8 Å². The van der Waals surface area contributed by atoms with Crippen molar-refractivity contribution in [3.05, 3.63) is 0 Å². The Kier molecular flexibility index (Phi) is 6.54. The first-order valence-electron chi connectivity index (χ1n) is 5.31. The fourth-order valence-corrected chi connectivity index (χ4v) is 2.26. The Morgan fingerprint density at radius 1 is 1.44 bits per heavy atom. The molecule has 0 amide bonds. The van der Waals surface area contributed by atoms with Gasteiger partial charge in [-0.05, 0) is 12.8 Å². The normalized spacial score (nSPS) is 14.0. The minimum absolute atomic E-state index is 0.218. The third kappa shape index (κ3) is 4.91. The minimum atomic E-state index is -3.69. The Morgan fingerprint density at radius 2 is 2.00 bits per heavy atom. The van der Waals surface area contributed by atoms with Crippen LogP contribution in [0.1, 0.15) is 33.1 Å². The number of carboxylic acid groups (broad SMARTS) is 1. The third-order valence-corrected chi connectivity index (χ3v) is 3.82. The van der Waals surface area contributed by atoms with Crippen molar-refractivity contribution in [1.82, 2.24) is 9.03 Å². The van der Waals surface area contributed by atoms with Crippen molar-refractivity contribution in [2.75, 3.05) is 13.6 Å². The van der Waals surface area contributed by atoms with E-state index >= 15 is 0 Å². The second-order valence-corrected chi connectivity index (χ2v) is 5.41. The van der Waals surface area contributed by atoms with Crippen molar-refractivity contribution in [2.24, 2.45) is 0 Å². The zero-order valence-corrected chi connectivity index (χ0v) is 10.7. The lowest BCUT2D eigenvalue weighted by Gasteiger charge is -2.20. The number of nitrogens with one attached hydrogen (secondary N) is 1. The Balaban J connectivity index is 4.48. The van der Waals surface area contributed by atoms with Crippen LogP contribution in [0, 0.1) is 0 Å². The van der Waals surface area contributed by atoms with Crippen molar-refractivity contribution in [2.45, 2.75) is 39.2 Å². The van der Waals surface area contributed by atoms with Gasteiger partial charge in [0.15, 0.2) is 0 Å². The summed E-state index contributed by atoms with van der Waals surface area (Å²) in [6.45, 7) is 3.97. The molecule has 16 heavy (non-hydrogen) atoms. The van der Waals surface area contributed by atoms with Crippen LogP contribution in [-0.2, 0) is 15.0 Å². The number of carboxylic acids is 1. The highest BCUT2D eigenvalue weighted by Crippen LogP contribution is 2.01. The number of unbranched alkanes of at least 4 members (excludes halogenated alkanes) is 1. The van der Waals surface area contributed by atoms with Gasteiger partial charge in [0.25, 0.3) is 10.2 Å². The Hall–Kier alpha value is -0.660. The van der Waals surface area contributed by atoms with Crippen LogP contribution in [0.15, 0.2) is 0 Å². The van der Waals surface area contributed by atoms with Crippen LogP contribution in [0.4, 0.5) is 0 Å². The van der Waals surface area contributed by atoms with Gasteiger partial charge in [0.1, 0.15) is 6.04 Å². The maximum Gasteiger partial charge on any atom is 0.321 e. The molecule has 0 bridgehead atoms. The van der Waals surface area contributed by atoms with Crippen LogP contribution in [0.25, 0.3) is 0 Å². The average molecular weight is 252 g/mol. The van der Waals surface area contributed by atoms with Crippen LogP contribution >= 0.6 is 0 Å². The van der Waals surface area contributed by atoms with E-state index < -0.39 is 22.2 Å². The van der Waals surface area contributed by atoms with Crippen LogP contribution in [0.2, 0.25) is 0 Å². The summed E-state index contributed by atoms with van der Waals surface area (Å²) in [7, 11) is -2.25. The van der Waals surface area contributed by atoms with Gasteiger partial charge in [0.05, 0.1) is 0 Å². The van der Waals surface area contributed by atoms with E-state index in [1.165, 1.54) is 7.05 Å². The molecule has 0 fully saturated rings. The molecule has 0 aliphatic rings. The minimum Gasteiger partial charge on any atom is -0.480 e. The maximum atomic E-state index is 11.7. The van der Waals surface area contributed by atoms with Gasteiger partial charge < -0.3 is 5.11 Å². The van der Waals surface area contributed by atoms with Gasteiger partial charge >= 0.3 is 5.97 Å². The summed E-state index contributed by atoms with van der Waals surface area (Å²) in [5.74, 6) is -1.16. The first-order chi connectivity index (χ1) is 7.35. The summed E-state index contributed by atoms with van der Waals surface area (Å²) < 4.78 is 26.6. The predicted molar refractivity (Wildman–Crippen MR) is 61.3 cm³/mol. The molecule has 2 N–H and O–H groups in total. The van der Waals surface area contributed by atoms with E-state index in [0.717, 1.165) is 17.1 Å². The number of nitrogens with zero attached hydrogens (tertiary/aromatic N) is 1. The second-order valence-electron chi connectivity index (χ2n) is 3.60. The highest BCUT2D eigenvalue weighted by molar-refractivity contribution is 7.87. The van der Waals surface area contributed by atoms with Crippen molar-refractivity contribution in [3.8, 4) is 0 Å². The molecule has 0 aliphatic heterocycles. The summed E-state index contributed by atoms with van der Waals surface area (Å²) >= 11 is 0. The third-order valence-electron chi connectivity index (χ3n) is 2.23. The Morgan fingerprint density at radius 3 is 2.38 bits per heavy atom. The molecule has 0 spiro atoms. The second kappa shape index (κ2) is 6.82. The molecule has 0 saturated heterocycles. The molecule has 1 unspecified atom stereocenters. The van der Waals surface area contributed by atoms with Crippen molar-refractivity contribution in [3.63, 3.8) is 0 Å². The van der Waals surface area contributed by atoms with E-state index in [4.69, 9.17) is 5.11 Å². The molecule has 0 rings (SSSR count). The highest BCUT2D eigenvalue weighted by atomic mass is 32.2. The number of hydrogen-bond donors (Lipinski definition) is 2. The smallest absolute Gasteiger partial charge is 0.321 e. The molecule has 7 heteroatoms. The summed E-state index contributed by atoms with van der Waals surface area (Å²) in [6, 6.07) is -1.06. The van der Waals surface area contributed by atoms with Crippen molar-refractivity contribution in [1.29, 1.82) is 0 Å². The van der Waals surface area contributed by atoms with Gasteiger partial charge in [-0.2, -0.15) is 17.4 Å². The van der Waals surface area contributed by atoms with Crippen molar-refractivity contribution < 1.29 is 18.3 Å². The lowest BCUT2D eigenvalue weighted by atomic mass is 10.2. The van der Waals surface area contributed by atoms with Gasteiger partial charge in [-0.25, -0.2) is 0 Å². The molecule has 0 aliphatic carbocycles. The van der Waals surface area contributed by atoms with Crippen molar-refractivity contribution >= 4 is 16.2 Å². The molecular weight excluding hydrogens is 232 g/mol. The summed E-state index contributed by atoms with van der Waals surface area (Å²) in [5.41, 5.74) is 0. The van der Waals surface area contributed by atoms with Gasteiger partial charge in [0.2, 0.25) is 0 Å². The molecule has 0 aromatic rings. The molecule has 0 radical (unpaired) electrons. The van der Waals surface area contributed by atoms with Crippen LogP contribution in [0.5, 0.6) is 0 Å². The molecule has 1 atom stereocenters. The summed E-state index contributed by atoms with van der Waals surface area (Å²) in [5, 5.41) is 8.75. The largest absolute Gasteiger partial charge is 0.480 e. The van der Waals surface area contributed by atoms with E-state index in [9.17, 15) is 13.2 Å². The summed E-state index contributed by atoms with van der Waals surface area (Å²) in [6.07, 6.45) is 1.85. The molecule has 0 saturated carbocycles. The lowest BCUT2D eigenvalue weighted by molar-refractivity contribution is -0.139. The van der Waals surface area contributed by atoms with E-state index in [0.29, 0.717) is 6.54 Å². The van der Waals surface area contributed by atoms with Crippen LogP contribution in [-0.4, -0.2) is 43.4 Å². The first-order valence-corrected chi connectivity index (χ1v) is 6.75. The van der Waals surface area contributed by atoms with E-state index in [1.807, 2.05) is 6.92 Å². The molecule has 6 nitrogen and oxygen atoms in total. The first kappa shape index (κ1) is 15.3. The Bertz CT molecular complexity index is 315. The van der Waals surface area contributed by atoms with Gasteiger partial charge in [-0.15, -0.1) is 0 Å². The standard InChI is InChI=1S/C9H20N2O4S/c1-4-6-7-11(3)16(14,15)10-8(5-2)9(12)13/h8,10H,4-7H2,1-3H3,(H,12,13). The maximum absolute atomic E-state index is 11.7. The number of aliphatic carboxylic acids is 1. The number of rotatable bonds is 8. The topological polar surface area (TPSA) is 86.7 Å². The zero-order valence-electron chi connectivity index (χ0n) is 9.93. The highest BCUT2D eigenvalue weighted by Gasteiger charge is 2.25. The molecule has 96 valence electrons. The number of carbonyl (C=O) groups is 1. The molecular formula is C9H20N2O4S. The number of hydrogen-bond acceptors (Lipinski definition) is 3. The molecule has 0 aromatic heterocycles. The molecule has 0 aromatic carbocycles. The summed E-state index contributed by atoms with van der Waals surface area (Å²) in [4.78, 5) is 10.7. The van der Waals surface area contributed by atoms with Gasteiger partial charge in [-0.3, -0.25) is 4.79 Å². The SMILES string of the molecule is CCCCN(C)S(=O)(=O)NC(CC)C(=O)O. The van der Waals surface area contributed by atoms with E-state index in [2.05, 4.69) is 4.72 Å². The van der Waals surface area contributed by atoms with E-state index in [-0.39, 0.29) is 6.42 Å². The predicted octanol–water partition coefficient (Wildman–Crippen LogP) is 0.416. The van der Waals surface area contributed by atoms with Crippen LogP contribution in [0.3, 0.4) is 0 Å². The fraction of sp³-hybridized carbons (Fsp3) is 0.889. The van der Waals surface area contributed by atoms with Gasteiger partial charge in [-0.1, -0.05) is 20.3 Å². The quantitative estimate of drug-likeness (QED) is 0.655. The van der Waals surface area contributed by atoms with Crippen LogP contribution < -0.4 is 4.72 Å². The lowest BCUT2D eigenvalue weighted by Crippen LogP contribution is -2.47. The monoisotopic (exact) mass is 252 g/mol. The fourth-order valence-electron chi connectivity index (χ4n) is 1.08.